The molecule has 0 aliphatic carbocycles. The molecule has 3 nitrogen and oxygen atoms in total. The number of nitrogens with zero attached hydrogens (tertiary/aromatic N) is 1. The number of piperazine rings is 1. The number of rotatable bonds is 4. The number of phenols is 1. The fourth-order valence-corrected chi connectivity index (χ4v) is 2.91. The zero-order chi connectivity index (χ0) is 13.8. The van der Waals surface area contributed by atoms with Crippen LogP contribution < -0.4 is 5.32 Å². The molecule has 1 atom stereocenters. The largest absolute Gasteiger partial charge is 0.508 e. The minimum Gasteiger partial charge on any atom is -0.508 e. The van der Waals surface area contributed by atoms with Gasteiger partial charge in [0.15, 0.2) is 0 Å². The lowest BCUT2D eigenvalue weighted by Crippen LogP contribution is -2.45. The molecule has 0 spiro atoms. The highest BCUT2D eigenvalue weighted by molar-refractivity contribution is 9.10. The highest BCUT2D eigenvalue weighted by Gasteiger charge is 2.24. The van der Waals surface area contributed by atoms with Crippen molar-refractivity contribution in [3.05, 3.63) is 40.4 Å². The Morgan fingerprint density at radius 3 is 2.74 bits per heavy atom. The summed E-state index contributed by atoms with van der Waals surface area (Å²) < 4.78 is 0.906. The van der Waals surface area contributed by atoms with Crippen molar-refractivity contribution in [2.75, 3.05) is 26.2 Å². The zero-order valence-corrected chi connectivity index (χ0v) is 12.9. The summed E-state index contributed by atoms with van der Waals surface area (Å²) in [6.45, 7) is 10.1. The van der Waals surface area contributed by atoms with Gasteiger partial charge in [-0.2, -0.15) is 0 Å². The summed E-state index contributed by atoms with van der Waals surface area (Å²) in [6, 6.07) is 5.98. The van der Waals surface area contributed by atoms with Crippen LogP contribution in [-0.4, -0.2) is 36.2 Å². The molecule has 19 heavy (non-hydrogen) atoms. The van der Waals surface area contributed by atoms with Crippen molar-refractivity contribution in [1.82, 2.24) is 10.2 Å². The molecular formula is C15H21BrN2O. The Hall–Kier alpha value is -0.840. The Bertz CT molecular complexity index is 455. The van der Waals surface area contributed by atoms with E-state index in [9.17, 15) is 5.11 Å². The van der Waals surface area contributed by atoms with E-state index in [4.69, 9.17) is 0 Å². The van der Waals surface area contributed by atoms with Crippen molar-refractivity contribution < 1.29 is 5.11 Å². The number of phenolic OH excluding ortho intramolecular Hbond substituents is 1. The maximum absolute atomic E-state index is 10.2. The summed E-state index contributed by atoms with van der Waals surface area (Å²) >= 11 is 3.39. The van der Waals surface area contributed by atoms with E-state index >= 15 is 0 Å². The highest BCUT2D eigenvalue weighted by Crippen LogP contribution is 2.34. The van der Waals surface area contributed by atoms with Crippen LogP contribution in [0.25, 0.3) is 0 Å². The molecule has 104 valence electrons. The molecule has 1 saturated heterocycles. The molecule has 4 heteroatoms. The Morgan fingerprint density at radius 1 is 1.47 bits per heavy atom. The van der Waals surface area contributed by atoms with Gasteiger partial charge < -0.3 is 10.4 Å². The van der Waals surface area contributed by atoms with Gasteiger partial charge in [-0.25, -0.2) is 0 Å². The van der Waals surface area contributed by atoms with E-state index < -0.39 is 0 Å². The second-order valence-electron chi connectivity index (χ2n) is 5.17. The van der Waals surface area contributed by atoms with Gasteiger partial charge in [-0.3, -0.25) is 4.90 Å². The van der Waals surface area contributed by atoms with Gasteiger partial charge in [-0.15, -0.1) is 6.58 Å². The minimum absolute atomic E-state index is 0.215. The molecule has 1 aliphatic heterocycles. The normalized spacial score (nSPS) is 18.2. The Morgan fingerprint density at radius 2 is 2.16 bits per heavy atom. The Balaban J connectivity index is 2.27. The van der Waals surface area contributed by atoms with E-state index in [-0.39, 0.29) is 6.04 Å². The molecule has 0 radical (unpaired) electrons. The number of nitrogens with one attached hydrogen (secondary N) is 1. The summed E-state index contributed by atoms with van der Waals surface area (Å²) in [5, 5.41) is 13.6. The molecule has 2 N–H and O–H groups in total. The molecule has 1 aromatic rings. The molecule has 1 fully saturated rings. The molecule has 0 amide bonds. The smallest absolute Gasteiger partial charge is 0.121 e. The lowest BCUT2D eigenvalue weighted by Gasteiger charge is -2.35. The maximum Gasteiger partial charge on any atom is 0.121 e. The zero-order valence-electron chi connectivity index (χ0n) is 11.3. The minimum atomic E-state index is 0.215. The first-order valence-corrected chi connectivity index (χ1v) is 7.45. The SMILES string of the molecule is C=C(C)C[C@@H](c1ccc(Br)cc1O)N1CCNCC1. The average molecular weight is 325 g/mol. The third-order valence-electron chi connectivity index (χ3n) is 3.49. The fourth-order valence-electron chi connectivity index (χ4n) is 2.56. The van der Waals surface area contributed by atoms with Gasteiger partial charge >= 0.3 is 0 Å². The van der Waals surface area contributed by atoms with E-state index in [1.807, 2.05) is 19.1 Å². The number of hydrogen-bond donors (Lipinski definition) is 2. The first kappa shape index (κ1) is 14.6. The lowest BCUT2D eigenvalue weighted by molar-refractivity contribution is 0.170. The fraction of sp³-hybridized carbons (Fsp3) is 0.467. The molecule has 1 heterocycles. The predicted octanol–water partition coefficient (Wildman–Crippen LogP) is 3.07. The topological polar surface area (TPSA) is 35.5 Å². The van der Waals surface area contributed by atoms with Crippen molar-refractivity contribution >= 4 is 15.9 Å². The average Bonchev–Trinajstić information content (AvgIpc) is 2.37. The van der Waals surface area contributed by atoms with Gasteiger partial charge in [0.25, 0.3) is 0 Å². The molecule has 0 unspecified atom stereocenters. The van der Waals surface area contributed by atoms with Gasteiger partial charge in [0.05, 0.1) is 0 Å². The van der Waals surface area contributed by atoms with Crippen molar-refractivity contribution in [2.24, 2.45) is 0 Å². The van der Waals surface area contributed by atoms with Gasteiger partial charge in [0.1, 0.15) is 5.75 Å². The number of aromatic hydroxyl groups is 1. The van der Waals surface area contributed by atoms with Crippen LogP contribution >= 0.6 is 15.9 Å². The first-order chi connectivity index (χ1) is 9.08. The second kappa shape index (κ2) is 6.55. The van der Waals surface area contributed by atoms with Crippen LogP contribution in [0.3, 0.4) is 0 Å². The van der Waals surface area contributed by atoms with Crippen molar-refractivity contribution in [2.45, 2.75) is 19.4 Å². The summed E-state index contributed by atoms with van der Waals surface area (Å²) in [5.41, 5.74) is 2.14. The first-order valence-electron chi connectivity index (χ1n) is 6.65. The summed E-state index contributed by atoms with van der Waals surface area (Å²) in [7, 11) is 0. The number of benzene rings is 1. The van der Waals surface area contributed by atoms with Crippen LogP contribution in [0.15, 0.2) is 34.8 Å². The number of halogens is 1. The molecule has 1 aromatic carbocycles. The van der Waals surface area contributed by atoms with Crippen LogP contribution in [0.2, 0.25) is 0 Å². The summed E-state index contributed by atoms with van der Waals surface area (Å²) in [6.07, 6.45) is 0.884. The van der Waals surface area contributed by atoms with Crippen LogP contribution in [0.1, 0.15) is 24.9 Å². The quantitative estimate of drug-likeness (QED) is 0.835. The monoisotopic (exact) mass is 324 g/mol. The predicted molar refractivity (Wildman–Crippen MR) is 82.4 cm³/mol. The van der Waals surface area contributed by atoms with Crippen molar-refractivity contribution in [3.8, 4) is 5.75 Å². The van der Waals surface area contributed by atoms with E-state index in [1.54, 1.807) is 6.07 Å². The Kier molecular flexibility index (Phi) is 5.02. The summed E-state index contributed by atoms with van der Waals surface area (Å²) in [4.78, 5) is 2.42. The molecule has 2 rings (SSSR count). The molecule has 0 saturated carbocycles. The van der Waals surface area contributed by atoms with Crippen molar-refractivity contribution in [3.63, 3.8) is 0 Å². The van der Waals surface area contributed by atoms with Crippen molar-refractivity contribution in [1.29, 1.82) is 0 Å². The van der Waals surface area contributed by atoms with Gasteiger partial charge in [-0.1, -0.05) is 27.6 Å². The van der Waals surface area contributed by atoms with Gasteiger partial charge in [-0.05, 0) is 25.5 Å². The molecule has 0 aromatic heterocycles. The van der Waals surface area contributed by atoms with Gasteiger partial charge in [0.2, 0.25) is 0 Å². The molecule has 0 bridgehead atoms. The second-order valence-corrected chi connectivity index (χ2v) is 6.08. The van der Waals surface area contributed by atoms with Crippen LogP contribution in [0, 0.1) is 0 Å². The maximum atomic E-state index is 10.2. The lowest BCUT2D eigenvalue weighted by atomic mass is 9.97. The third-order valence-corrected chi connectivity index (χ3v) is 3.98. The van der Waals surface area contributed by atoms with Crippen LogP contribution in [0.5, 0.6) is 5.75 Å². The van der Waals surface area contributed by atoms with E-state index in [2.05, 4.69) is 32.7 Å². The Labute approximate surface area is 123 Å². The third kappa shape index (κ3) is 3.81. The van der Waals surface area contributed by atoms with E-state index in [1.165, 1.54) is 0 Å². The highest BCUT2D eigenvalue weighted by atomic mass is 79.9. The van der Waals surface area contributed by atoms with Crippen LogP contribution in [0.4, 0.5) is 0 Å². The van der Waals surface area contributed by atoms with E-state index in [0.29, 0.717) is 5.75 Å². The van der Waals surface area contributed by atoms with E-state index in [0.717, 1.165) is 48.2 Å². The van der Waals surface area contributed by atoms with Gasteiger partial charge in [0, 0.05) is 42.3 Å². The number of hydrogen-bond acceptors (Lipinski definition) is 3. The molecule has 1 aliphatic rings. The standard InChI is InChI=1S/C15H21BrN2O/c1-11(2)9-14(18-7-5-17-6-8-18)13-4-3-12(16)10-15(13)19/h3-4,10,14,17,19H,1,5-9H2,2H3/t14-/m0/s1. The molecular weight excluding hydrogens is 304 g/mol. The van der Waals surface area contributed by atoms with Crippen LogP contribution in [-0.2, 0) is 0 Å². The summed E-state index contributed by atoms with van der Waals surface area (Å²) in [5.74, 6) is 0.360.